The largest absolute Gasteiger partial charge is 0.488 e. The zero-order valence-corrected chi connectivity index (χ0v) is 16.5. The summed E-state index contributed by atoms with van der Waals surface area (Å²) in [6, 6.07) is 13.4. The van der Waals surface area contributed by atoms with Crippen molar-refractivity contribution in [2.24, 2.45) is 5.10 Å². The van der Waals surface area contributed by atoms with E-state index in [0.717, 1.165) is 0 Å². The number of nitrogens with zero attached hydrogens (tertiary/aromatic N) is 3. The van der Waals surface area contributed by atoms with Crippen LogP contribution >= 0.6 is 11.8 Å². The average Bonchev–Trinajstić information content (AvgIpc) is 3.10. The first kappa shape index (κ1) is 20.3. The molecule has 0 saturated carbocycles. The highest BCUT2D eigenvalue weighted by atomic mass is 32.2. The van der Waals surface area contributed by atoms with Gasteiger partial charge < -0.3 is 10.1 Å². The molecule has 29 heavy (non-hydrogen) atoms. The Labute approximate surface area is 170 Å². The molecule has 1 atom stereocenters. The van der Waals surface area contributed by atoms with E-state index in [1.165, 1.54) is 36.7 Å². The second-order valence-electron chi connectivity index (χ2n) is 6.13. The summed E-state index contributed by atoms with van der Waals surface area (Å²) in [6.45, 7) is 2.73. The summed E-state index contributed by atoms with van der Waals surface area (Å²) in [5, 5.41) is 19.0. The van der Waals surface area contributed by atoms with Crippen molar-refractivity contribution in [3.8, 4) is 5.75 Å². The molecule has 0 fully saturated rings. The molecule has 0 aromatic heterocycles. The maximum absolute atomic E-state index is 12.0. The van der Waals surface area contributed by atoms with Crippen molar-refractivity contribution in [3.63, 3.8) is 0 Å². The molecule has 3 rings (SSSR count). The van der Waals surface area contributed by atoms with Crippen molar-refractivity contribution in [2.75, 3.05) is 0 Å². The molecule has 10 heteroatoms. The van der Waals surface area contributed by atoms with E-state index >= 15 is 0 Å². The smallest absolute Gasteiger partial charge is 0.276 e. The summed E-state index contributed by atoms with van der Waals surface area (Å²) in [5.41, 5.74) is 1.07. The van der Waals surface area contributed by atoms with E-state index in [1.54, 1.807) is 42.5 Å². The van der Waals surface area contributed by atoms with Crippen LogP contribution in [0.4, 0.5) is 5.69 Å². The fourth-order valence-corrected chi connectivity index (χ4v) is 3.91. The molecule has 1 heterocycles. The number of nitrogens with one attached hydrogen (secondary N) is 1. The number of thioether (sulfide) groups is 1. The predicted octanol–water partition coefficient (Wildman–Crippen LogP) is 3.17. The summed E-state index contributed by atoms with van der Waals surface area (Å²) < 4.78 is 5.88. The number of nitro groups is 1. The van der Waals surface area contributed by atoms with E-state index in [4.69, 9.17) is 4.74 Å². The van der Waals surface area contributed by atoms with E-state index in [0.29, 0.717) is 22.0 Å². The van der Waals surface area contributed by atoms with Crippen molar-refractivity contribution < 1.29 is 19.2 Å². The van der Waals surface area contributed by atoms with Gasteiger partial charge in [-0.3, -0.25) is 19.7 Å². The highest BCUT2D eigenvalue weighted by Gasteiger charge is 2.34. The van der Waals surface area contributed by atoms with Crippen molar-refractivity contribution in [1.29, 1.82) is 0 Å². The van der Waals surface area contributed by atoms with Crippen LogP contribution in [-0.4, -0.2) is 26.9 Å². The van der Waals surface area contributed by atoms with E-state index in [1.807, 2.05) is 0 Å². The fraction of sp³-hybridized carbons (Fsp3) is 0.211. The molecule has 9 nitrogen and oxygen atoms in total. The van der Waals surface area contributed by atoms with Crippen LogP contribution in [0.15, 0.2) is 53.6 Å². The minimum Gasteiger partial charge on any atom is -0.488 e. The van der Waals surface area contributed by atoms with Crippen molar-refractivity contribution in [3.05, 3.63) is 69.8 Å². The van der Waals surface area contributed by atoms with Gasteiger partial charge in [0.05, 0.1) is 10.5 Å². The molecule has 0 saturated heterocycles. The minimum atomic E-state index is -0.531. The lowest BCUT2D eigenvalue weighted by molar-refractivity contribution is -0.385. The number of rotatable bonds is 5. The summed E-state index contributed by atoms with van der Waals surface area (Å²) in [4.78, 5) is 34.1. The molecule has 0 spiro atoms. The molecular formula is C19H18N4O5S. The Hall–Kier alpha value is -3.40. The minimum absolute atomic E-state index is 0.00889. The summed E-state index contributed by atoms with van der Waals surface area (Å²) >= 11 is 1.21. The first-order chi connectivity index (χ1) is 13.9. The molecule has 2 aromatic rings. The normalized spacial score (nSPS) is 15.6. The highest BCUT2D eigenvalue weighted by Crippen LogP contribution is 2.42. The molecule has 2 aromatic carbocycles. The number of amidine groups is 1. The number of nitro benzene ring substituents is 1. The van der Waals surface area contributed by atoms with Crippen LogP contribution in [0.5, 0.6) is 5.75 Å². The maximum Gasteiger partial charge on any atom is 0.276 e. The number of ether oxygens (including phenoxy) is 1. The first-order valence-corrected chi connectivity index (χ1v) is 9.51. The summed E-state index contributed by atoms with van der Waals surface area (Å²) in [7, 11) is 0. The molecular weight excluding hydrogens is 396 g/mol. The third kappa shape index (κ3) is 4.72. The third-order valence-corrected chi connectivity index (χ3v) is 5.09. The molecule has 0 unspecified atom stereocenters. The molecule has 1 aliphatic heterocycles. The summed E-state index contributed by atoms with van der Waals surface area (Å²) in [5.74, 6) is -0.119. The van der Waals surface area contributed by atoms with Crippen LogP contribution in [-0.2, 0) is 16.2 Å². The van der Waals surface area contributed by atoms with Gasteiger partial charge in [0.2, 0.25) is 11.8 Å². The Morgan fingerprint density at radius 1 is 1.21 bits per heavy atom. The topological polar surface area (TPSA) is 114 Å². The van der Waals surface area contributed by atoms with Crippen molar-refractivity contribution in [1.82, 2.24) is 10.3 Å². The van der Waals surface area contributed by atoms with Gasteiger partial charge in [-0.25, -0.2) is 5.01 Å². The quantitative estimate of drug-likeness (QED) is 0.594. The van der Waals surface area contributed by atoms with Crippen LogP contribution in [0.2, 0.25) is 0 Å². The van der Waals surface area contributed by atoms with Crippen LogP contribution in [0.3, 0.4) is 0 Å². The molecule has 1 N–H and O–H groups in total. The molecule has 150 valence electrons. The second kappa shape index (κ2) is 8.74. The zero-order valence-electron chi connectivity index (χ0n) is 15.7. The number of benzene rings is 2. The Bertz CT molecular complexity index is 994. The van der Waals surface area contributed by atoms with Crippen LogP contribution in [0.25, 0.3) is 0 Å². The number of hydrogen-bond acceptors (Lipinski definition) is 7. The molecule has 0 radical (unpaired) electrons. The van der Waals surface area contributed by atoms with E-state index in [9.17, 15) is 19.7 Å². The average molecular weight is 414 g/mol. The number of hydrogen-bond donors (Lipinski definition) is 1. The number of para-hydroxylation sites is 2. The van der Waals surface area contributed by atoms with Crippen molar-refractivity contribution >= 4 is 34.4 Å². The SMILES string of the molecule is CC(=O)NC1=NN(C(C)=O)[C@H](c2ccccc2OCc2ccccc2[N+](=O)[O-])S1. The molecule has 2 amide bonds. The molecule has 0 bridgehead atoms. The van der Waals surface area contributed by atoms with Gasteiger partial charge in [0.25, 0.3) is 5.69 Å². The Kier molecular flexibility index (Phi) is 6.13. The maximum atomic E-state index is 12.0. The van der Waals surface area contributed by atoms with Gasteiger partial charge in [-0.1, -0.05) is 42.1 Å². The monoisotopic (exact) mass is 414 g/mol. The van der Waals surface area contributed by atoms with Gasteiger partial charge in [0.15, 0.2) is 5.17 Å². The van der Waals surface area contributed by atoms with Crippen LogP contribution < -0.4 is 10.1 Å². The first-order valence-electron chi connectivity index (χ1n) is 8.63. The number of amides is 2. The number of carbonyl (C=O) groups is 2. The van der Waals surface area contributed by atoms with Gasteiger partial charge in [0.1, 0.15) is 17.7 Å². The number of carbonyl (C=O) groups excluding carboxylic acids is 2. The van der Waals surface area contributed by atoms with Crippen LogP contribution in [0.1, 0.15) is 30.3 Å². The molecule has 0 aliphatic carbocycles. The fourth-order valence-electron chi connectivity index (χ4n) is 2.75. The van der Waals surface area contributed by atoms with Crippen LogP contribution in [0, 0.1) is 10.1 Å². The standard InChI is InChI=1S/C19H18N4O5S/c1-12(24)20-19-21-22(13(2)25)18(29-19)15-8-4-6-10-17(15)28-11-14-7-3-5-9-16(14)23(26)27/h3-10,18H,11H2,1-2H3,(H,20,21,24)/t18-/m0/s1. The van der Waals surface area contributed by atoms with E-state index in [-0.39, 0.29) is 24.1 Å². The van der Waals surface area contributed by atoms with Gasteiger partial charge in [-0.2, -0.15) is 0 Å². The van der Waals surface area contributed by atoms with E-state index < -0.39 is 10.3 Å². The van der Waals surface area contributed by atoms with Gasteiger partial charge >= 0.3 is 0 Å². The lowest BCUT2D eigenvalue weighted by atomic mass is 10.1. The lowest BCUT2D eigenvalue weighted by Gasteiger charge is -2.21. The zero-order chi connectivity index (χ0) is 21.0. The van der Waals surface area contributed by atoms with Crippen molar-refractivity contribution in [2.45, 2.75) is 25.8 Å². The van der Waals surface area contributed by atoms with Gasteiger partial charge in [-0.15, -0.1) is 5.10 Å². The summed E-state index contributed by atoms with van der Waals surface area (Å²) in [6.07, 6.45) is 0. The second-order valence-corrected chi connectivity index (χ2v) is 7.20. The Balaban J connectivity index is 1.85. The Morgan fingerprint density at radius 3 is 2.59 bits per heavy atom. The van der Waals surface area contributed by atoms with Gasteiger partial charge in [0, 0.05) is 25.5 Å². The van der Waals surface area contributed by atoms with Gasteiger partial charge in [-0.05, 0) is 12.1 Å². The Morgan fingerprint density at radius 2 is 1.90 bits per heavy atom. The highest BCUT2D eigenvalue weighted by molar-refractivity contribution is 8.14. The molecule has 1 aliphatic rings. The lowest BCUT2D eigenvalue weighted by Crippen LogP contribution is -2.25. The predicted molar refractivity (Wildman–Crippen MR) is 108 cm³/mol. The third-order valence-electron chi connectivity index (χ3n) is 4.01. The number of hydrazone groups is 1. The van der Waals surface area contributed by atoms with E-state index in [2.05, 4.69) is 10.4 Å².